The molecule has 2 heterocycles. The van der Waals surface area contributed by atoms with Crippen LogP contribution in [0.5, 0.6) is 5.75 Å². The van der Waals surface area contributed by atoms with E-state index >= 15 is 0 Å². The topological polar surface area (TPSA) is 122 Å². The lowest BCUT2D eigenvalue weighted by molar-refractivity contribution is 0.0706. The first kappa shape index (κ1) is 17.4. The highest BCUT2D eigenvalue weighted by molar-refractivity contribution is 5.96. The van der Waals surface area contributed by atoms with Crippen molar-refractivity contribution < 1.29 is 14.7 Å². The number of imidazole rings is 1. The molecule has 3 N–H and O–H groups in total. The van der Waals surface area contributed by atoms with Crippen molar-refractivity contribution in [1.82, 2.24) is 25.0 Å². The second kappa shape index (κ2) is 7.33. The molecule has 0 aliphatic heterocycles. The molecule has 0 fully saturated rings. The van der Waals surface area contributed by atoms with Gasteiger partial charge in [0.15, 0.2) is 0 Å². The highest BCUT2D eigenvalue weighted by atomic mass is 16.5. The first-order chi connectivity index (χ1) is 13.6. The minimum absolute atomic E-state index is 0.0476. The van der Waals surface area contributed by atoms with Crippen LogP contribution in [0.4, 0.5) is 0 Å². The maximum Gasteiger partial charge on any atom is 0.274 e. The molecule has 4 aromatic rings. The van der Waals surface area contributed by atoms with Crippen LogP contribution in [0, 0.1) is 0 Å². The fourth-order valence-electron chi connectivity index (χ4n) is 2.74. The van der Waals surface area contributed by atoms with Gasteiger partial charge in [0, 0.05) is 23.6 Å². The molecule has 0 bridgehead atoms. The number of H-pyrrole nitrogens is 1. The second-order valence-corrected chi connectivity index (χ2v) is 5.94. The number of carbonyl (C=O) groups is 1. The summed E-state index contributed by atoms with van der Waals surface area (Å²) in [6.07, 6.45) is 5.23. The number of hydrogen-bond acceptors (Lipinski definition) is 6. The third-order valence-electron chi connectivity index (χ3n) is 4.13. The quantitative estimate of drug-likeness (QED) is 0.360. The van der Waals surface area contributed by atoms with E-state index in [-0.39, 0.29) is 17.7 Å². The minimum Gasteiger partial charge on any atom is -0.486 e. The van der Waals surface area contributed by atoms with Crippen LogP contribution >= 0.6 is 0 Å². The molecular weight excluding hydrogens is 362 g/mol. The van der Waals surface area contributed by atoms with Gasteiger partial charge in [-0.25, -0.2) is 15.4 Å². The highest BCUT2D eigenvalue weighted by Gasteiger charge is 2.09. The Bertz CT molecular complexity index is 1180. The Morgan fingerprint density at radius 1 is 1.21 bits per heavy atom. The number of carbonyl (C=O) groups excluding carboxylic acids is 1. The average Bonchev–Trinajstić information content (AvgIpc) is 3.26. The zero-order chi connectivity index (χ0) is 19.5. The standard InChI is InChI=1S/C19H15N5O4/c25-18(23-27)12-1-6-15-16(9-12)21-17(22-19(15)26)10-28-14-4-2-13(3-5-14)24-8-7-20-11-24/h1-9,11,27H,10H2,(H,23,25)(H,21,22,26). The van der Waals surface area contributed by atoms with Gasteiger partial charge in [0.25, 0.3) is 11.5 Å². The summed E-state index contributed by atoms with van der Waals surface area (Å²) in [5, 5.41) is 9.08. The fraction of sp³-hybridized carbons (Fsp3) is 0.0526. The van der Waals surface area contributed by atoms with E-state index in [1.165, 1.54) is 18.2 Å². The number of nitrogens with one attached hydrogen (secondary N) is 2. The van der Waals surface area contributed by atoms with Crippen molar-refractivity contribution >= 4 is 16.8 Å². The first-order valence-corrected chi connectivity index (χ1v) is 8.32. The summed E-state index contributed by atoms with van der Waals surface area (Å²) in [5.41, 5.74) is 2.68. The molecule has 2 aromatic heterocycles. The van der Waals surface area contributed by atoms with Gasteiger partial charge in [-0.15, -0.1) is 0 Å². The molecule has 2 aromatic carbocycles. The van der Waals surface area contributed by atoms with Crippen molar-refractivity contribution in [1.29, 1.82) is 0 Å². The van der Waals surface area contributed by atoms with Crippen molar-refractivity contribution in [2.24, 2.45) is 0 Å². The van der Waals surface area contributed by atoms with E-state index in [4.69, 9.17) is 9.94 Å². The maximum atomic E-state index is 12.2. The number of amides is 1. The van der Waals surface area contributed by atoms with Crippen molar-refractivity contribution in [2.75, 3.05) is 0 Å². The van der Waals surface area contributed by atoms with Crippen LogP contribution in [0.2, 0.25) is 0 Å². The predicted molar refractivity (Wildman–Crippen MR) is 99.5 cm³/mol. The second-order valence-electron chi connectivity index (χ2n) is 5.94. The van der Waals surface area contributed by atoms with Gasteiger partial charge >= 0.3 is 0 Å². The van der Waals surface area contributed by atoms with Gasteiger partial charge in [0.1, 0.15) is 18.2 Å². The summed E-state index contributed by atoms with van der Waals surface area (Å²) in [6.45, 7) is 0.0476. The third-order valence-corrected chi connectivity index (χ3v) is 4.13. The van der Waals surface area contributed by atoms with Crippen LogP contribution < -0.4 is 15.8 Å². The molecule has 0 atom stereocenters. The molecule has 0 saturated heterocycles. The molecule has 0 saturated carbocycles. The minimum atomic E-state index is -0.681. The van der Waals surface area contributed by atoms with Crippen LogP contribution in [0.25, 0.3) is 16.6 Å². The SMILES string of the molecule is O=C(NO)c1ccc2c(=O)[nH]c(COc3ccc(-n4ccnc4)cc3)nc2c1. The monoisotopic (exact) mass is 377 g/mol. The van der Waals surface area contributed by atoms with Crippen molar-refractivity contribution in [2.45, 2.75) is 6.61 Å². The number of aromatic amines is 1. The molecule has 0 unspecified atom stereocenters. The van der Waals surface area contributed by atoms with E-state index in [0.29, 0.717) is 22.5 Å². The normalized spacial score (nSPS) is 10.8. The molecule has 4 rings (SSSR count). The number of rotatable bonds is 5. The number of nitrogens with zero attached hydrogens (tertiary/aromatic N) is 3. The summed E-state index contributed by atoms with van der Waals surface area (Å²) in [6, 6.07) is 11.7. The van der Waals surface area contributed by atoms with Gasteiger partial charge in [-0.05, 0) is 42.5 Å². The Hall–Kier alpha value is -3.98. The smallest absolute Gasteiger partial charge is 0.274 e. The van der Waals surface area contributed by atoms with E-state index in [1.54, 1.807) is 30.1 Å². The number of ether oxygens (including phenoxy) is 1. The highest BCUT2D eigenvalue weighted by Crippen LogP contribution is 2.16. The zero-order valence-corrected chi connectivity index (χ0v) is 14.5. The average molecular weight is 377 g/mol. The van der Waals surface area contributed by atoms with Crippen molar-refractivity contribution in [3.63, 3.8) is 0 Å². The fourth-order valence-corrected chi connectivity index (χ4v) is 2.74. The van der Waals surface area contributed by atoms with Crippen LogP contribution in [0.15, 0.2) is 66.0 Å². The Morgan fingerprint density at radius 3 is 2.75 bits per heavy atom. The molecule has 9 nitrogen and oxygen atoms in total. The van der Waals surface area contributed by atoms with E-state index < -0.39 is 5.91 Å². The lowest BCUT2D eigenvalue weighted by atomic mass is 10.1. The molecular formula is C19H15N5O4. The Labute approximate surface area is 158 Å². The van der Waals surface area contributed by atoms with E-state index in [9.17, 15) is 9.59 Å². The molecule has 0 radical (unpaired) electrons. The lowest BCUT2D eigenvalue weighted by Gasteiger charge is -2.08. The van der Waals surface area contributed by atoms with Gasteiger partial charge in [-0.3, -0.25) is 14.8 Å². The largest absolute Gasteiger partial charge is 0.486 e. The first-order valence-electron chi connectivity index (χ1n) is 8.32. The number of hydrogen-bond donors (Lipinski definition) is 3. The predicted octanol–water partition coefficient (Wildman–Crippen LogP) is 1.81. The van der Waals surface area contributed by atoms with Gasteiger partial charge in [-0.2, -0.15) is 0 Å². The van der Waals surface area contributed by atoms with Crippen molar-refractivity contribution in [3.8, 4) is 11.4 Å². The summed E-state index contributed by atoms with van der Waals surface area (Å²) < 4.78 is 7.56. The summed E-state index contributed by atoms with van der Waals surface area (Å²) in [4.78, 5) is 34.8. The number of benzene rings is 2. The molecule has 28 heavy (non-hydrogen) atoms. The molecule has 140 valence electrons. The van der Waals surface area contributed by atoms with Gasteiger partial charge < -0.3 is 14.3 Å². The van der Waals surface area contributed by atoms with Gasteiger partial charge in [0.2, 0.25) is 0 Å². The molecule has 1 amide bonds. The molecule has 0 spiro atoms. The lowest BCUT2D eigenvalue weighted by Crippen LogP contribution is -2.19. The van der Waals surface area contributed by atoms with Gasteiger partial charge in [-0.1, -0.05) is 0 Å². The number of fused-ring (bicyclic) bond motifs is 1. The maximum absolute atomic E-state index is 12.2. The van der Waals surface area contributed by atoms with E-state index in [1.807, 2.05) is 22.9 Å². The van der Waals surface area contributed by atoms with Crippen LogP contribution in [0.3, 0.4) is 0 Å². The van der Waals surface area contributed by atoms with Gasteiger partial charge in [0.05, 0.1) is 17.2 Å². The van der Waals surface area contributed by atoms with Crippen LogP contribution in [-0.4, -0.2) is 30.6 Å². The van der Waals surface area contributed by atoms with Crippen LogP contribution in [-0.2, 0) is 6.61 Å². The third kappa shape index (κ3) is 3.46. The molecule has 0 aliphatic rings. The zero-order valence-electron chi connectivity index (χ0n) is 14.5. The summed E-state index contributed by atoms with van der Waals surface area (Å²) in [5.74, 6) is 0.248. The summed E-state index contributed by atoms with van der Waals surface area (Å²) >= 11 is 0. The summed E-state index contributed by atoms with van der Waals surface area (Å²) in [7, 11) is 0. The Balaban J connectivity index is 1.54. The molecule has 9 heteroatoms. The number of aromatic nitrogens is 4. The van der Waals surface area contributed by atoms with E-state index in [0.717, 1.165) is 5.69 Å². The number of hydroxylamine groups is 1. The van der Waals surface area contributed by atoms with E-state index in [2.05, 4.69) is 15.0 Å². The molecule has 0 aliphatic carbocycles. The Morgan fingerprint density at radius 2 is 2.04 bits per heavy atom. The van der Waals surface area contributed by atoms with Crippen LogP contribution in [0.1, 0.15) is 16.2 Å². The van der Waals surface area contributed by atoms with Crippen molar-refractivity contribution in [3.05, 3.63) is 82.9 Å². The Kier molecular flexibility index (Phi) is 4.56.